The van der Waals surface area contributed by atoms with Gasteiger partial charge in [0.15, 0.2) is 0 Å². The van der Waals surface area contributed by atoms with E-state index in [0.29, 0.717) is 5.92 Å². The lowest BCUT2D eigenvalue weighted by atomic mass is 10.1. The average Bonchev–Trinajstić information content (AvgIpc) is 3.00. The van der Waals surface area contributed by atoms with Crippen LogP contribution >= 0.6 is 0 Å². The van der Waals surface area contributed by atoms with Gasteiger partial charge in [0, 0.05) is 32.1 Å². The minimum absolute atomic E-state index is 0.707. The summed E-state index contributed by atoms with van der Waals surface area (Å²) in [5.41, 5.74) is 2.36. The SMILES string of the molecule is CC(C)CCOCCNCc1ccccc1-n1cccn1. The first-order valence-corrected chi connectivity index (χ1v) is 7.63. The van der Waals surface area contributed by atoms with E-state index in [9.17, 15) is 0 Å². The lowest BCUT2D eigenvalue weighted by Gasteiger charge is -2.11. The fourth-order valence-electron chi connectivity index (χ4n) is 2.08. The molecule has 1 heterocycles. The minimum Gasteiger partial charge on any atom is -0.380 e. The normalized spacial score (nSPS) is 11.2. The van der Waals surface area contributed by atoms with Gasteiger partial charge in [0.1, 0.15) is 0 Å². The Morgan fingerprint density at radius 1 is 1.19 bits per heavy atom. The first-order valence-electron chi connectivity index (χ1n) is 7.63. The van der Waals surface area contributed by atoms with Crippen molar-refractivity contribution in [2.75, 3.05) is 19.8 Å². The molecule has 21 heavy (non-hydrogen) atoms. The van der Waals surface area contributed by atoms with E-state index in [1.807, 2.05) is 23.0 Å². The Morgan fingerprint density at radius 3 is 2.81 bits per heavy atom. The number of aromatic nitrogens is 2. The van der Waals surface area contributed by atoms with Gasteiger partial charge in [0.25, 0.3) is 0 Å². The van der Waals surface area contributed by atoms with Crippen LogP contribution in [0.4, 0.5) is 0 Å². The number of nitrogens with one attached hydrogen (secondary N) is 1. The molecule has 0 amide bonds. The van der Waals surface area contributed by atoms with Crippen LogP contribution < -0.4 is 5.32 Å². The highest BCUT2D eigenvalue weighted by Crippen LogP contribution is 2.12. The average molecular weight is 287 g/mol. The molecule has 4 heteroatoms. The topological polar surface area (TPSA) is 39.1 Å². The van der Waals surface area contributed by atoms with Crippen LogP contribution in [-0.2, 0) is 11.3 Å². The monoisotopic (exact) mass is 287 g/mol. The molecule has 0 unspecified atom stereocenters. The van der Waals surface area contributed by atoms with Gasteiger partial charge in [-0.2, -0.15) is 5.10 Å². The number of para-hydroxylation sites is 1. The summed E-state index contributed by atoms with van der Waals surface area (Å²) in [6.07, 6.45) is 4.89. The van der Waals surface area contributed by atoms with E-state index in [4.69, 9.17) is 4.74 Å². The molecule has 4 nitrogen and oxygen atoms in total. The highest BCUT2D eigenvalue weighted by Gasteiger charge is 2.03. The fraction of sp³-hybridized carbons (Fsp3) is 0.471. The van der Waals surface area contributed by atoms with E-state index in [2.05, 4.69) is 42.5 Å². The van der Waals surface area contributed by atoms with Crippen LogP contribution in [0.15, 0.2) is 42.7 Å². The summed E-state index contributed by atoms with van der Waals surface area (Å²) in [6, 6.07) is 10.2. The molecule has 0 bridgehead atoms. The van der Waals surface area contributed by atoms with Crippen molar-refractivity contribution in [3.8, 4) is 5.69 Å². The van der Waals surface area contributed by atoms with E-state index in [0.717, 1.165) is 38.4 Å². The Labute approximate surface area is 127 Å². The summed E-state index contributed by atoms with van der Waals surface area (Å²) in [5.74, 6) is 0.707. The Bertz CT molecular complexity index is 509. The predicted octanol–water partition coefficient (Wildman–Crippen LogP) is 3.02. The molecule has 1 aromatic carbocycles. The van der Waals surface area contributed by atoms with Crippen molar-refractivity contribution in [1.29, 1.82) is 0 Å². The Balaban J connectivity index is 1.74. The van der Waals surface area contributed by atoms with Gasteiger partial charge in [0.2, 0.25) is 0 Å². The minimum atomic E-state index is 0.707. The second-order valence-electron chi connectivity index (χ2n) is 5.55. The maximum absolute atomic E-state index is 5.60. The lowest BCUT2D eigenvalue weighted by Crippen LogP contribution is -2.20. The molecule has 2 rings (SSSR count). The lowest BCUT2D eigenvalue weighted by molar-refractivity contribution is 0.125. The van der Waals surface area contributed by atoms with Crippen molar-refractivity contribution in [1.82, 2.24) is 15.1 Å². The third-order valence-electron chi connectivity index (χ3n) is 3.32. The molecule has 1 aromatic heterocycles. The van der Waals surface area contributed by atoms with Gasteiger partial charge >= 0.3 is 0 Å². The molecule has 0 aliphatic carbocycles. The number of hydrogen-bond donors (Lipinski definition) is 1. The highest BCUT2D eigenvalue weighted by molar-refractivity contribution is 5.40. The van der Waals surface area contributed by atoms with Crippen LogP contribution in [-0.4, -0.2) is 29.5 Å². The van der Waals surface area contributed by atoms with Crippen molar-refractivity contribution in [3.63, 3.8) is 0 Å². The molecule has 0 radical (unpaired) electrons. The first-order chi connectivity index (χ1) is 10.3. The summed E-state index contributed by atoms with van der Waals surface area (Å²) >= 11 is 0. The molecule has 114 valence electrons. The van der Waals surface area contributed by atoms with Crippen molar-refractivity contribution < 1.29 is 4.74 Å². The smallest absolute Gasteiger partial charge is 0.0690 e. The molecule has 0 spiro atoms. The second-order valence-corrected chi connectivity index (χ2v) is 5.55. The molecule has 0 saturated carbocycles. The fourth-order valence-corrected chi connectivity index (χ4v) is 2.08. The predicted molar refractivity (Wildman–Crippen MR) is 85.5 cm³/mol. The Hall–Kier alpha value is -1.65. The Morgan fingerprint density at radius 2 is 2.05 bits per heavy atom. The zero-order valence-corrected chi connectivity index (χ0v) is 13.0. The first kappa shape index (κ1) is 15.7. The molecule has 0 aliphatic heterocycles. The summed E-state index contributed by atoms with van der Waals surface area (Å²) in [4.78, 5) is 0. The van der Waals surface area contributed by atoms with Crippen LogP contribution in [0.1, 0.15) is 25.8 Å². The Kier molecular flexibility index (Phi) is 6.44. The van der Waals surface area contributed by atoms with E-state index in [1.165, 1.54) is 5.56 Å². The van der Waals surface area contributed by atoms with Crippen molar-refractivity contribution in [2.24, 2.45) is 5.92 Å². The summed E-state index contributed by atoms with van der Waals surface area (Å²) < 4.78 is 7.50. The summed E-state index contributed by atoms with van der Waals surface area (Å²) in [7, 11) is 0. The maximum Gasteiger partial charge on any atom is 0.0690 e. The number of nitrogens with zero attached hydrogens (tertiary/aromatic N) is 2. The van der Waals surface area contributed by atoms with Gasteiger partial charge < -0.3 is 10.1 Å². The third kappa shape index (κ3) is 5.33. The molecule has 0 aliphatic rings. The summed E-state index contributed by atoms with van der Waals surface area (Å²) in [5, 5.41) is 7.72. The van der Waals surface area contributed by atoms with Crippen molar-refractivity contribution in [2.45, 2.75) is 26.8 Å². The number of ether oxygens (including phenoxy) is 1. The van der Waals surface area contributed by atoms with Crippen LogP contribution in [0.3, 0.4) is 0 Å². The maximum atomic E-state index is 5.60. The molecule has 0 atom stereocenters. The number of hydrogen-bond acceptors (Lipinski definition) is 3. The molecular weight excluding hydrogens is 262 g/mol. The van der Waals surface area contributed by atoms with Gasteiger partial charge in [-0.05, 0) is 30.0 Å². The molecule has 0 fully saturated rings. The van der Waals surface area contributed by atoms with E-state index in [1.54, 1.807) is 6.20 Å². The van der Waals surface area contributed by atoms with Gasteiger partial charge in [-0.1, -0.05) is 32.0 Å². The van der Waals surface area contributed by atoms with E-state index in [-0.39, 0.29) is 0 Å². The molecule has 2 aromatic rings. The zero-order valence-electron chi connectivity index (χ0n) is 13.0. The second kappa shape index (κ2) is 8.60. The van der Waals surface area contributed by atoms with Crippen molar-refractivity contribution >= 4 is 0 Å². The van der Waals surface area contributed by atoms with E-state index < -0.39 is 0 Å². The molecule has 1 N–H and O–H groups in total. The largest absolute Gasteiger partial charge is 0.380 e. The third-order valence-corrected chi connectivity index (χ3v) is 3.32. The van der Waals surface area contributed by atoms with Crippen molar-refractivity contribution in [3.05, 3.63) is 48.3 Å². The number of rotatable bonds is 9. The highest BCUT2D eigenvalue weighted by atomic mass is 16.5. The van der Waals surface area contributed by atoms with Crippen LogP contribution in [0.5, 0.6) is 0 Å². The van der Waals surface area contributed by atoms with E-state index >= 15 is 0 Å². The van der Waals surface area contributed by atoms with Gasteiger partial charge in [-0.3, -0.25) is 0 Å². The van der Waals surface area contributed by atoms with Gasteiger partial charge in [0.05, 0.1) is 12.3 Å². The standard InChI is InChI=1S/C17H25N3O/c1-15(2)8-12-21-13-10-18-14-16-6-3-4-7-17(16)20-11-5-9-19-20/h3-7,9,11,15,18H,8,10,12-14H2,1-2H3. The zero-order chi connectivity index (χ0) is 14.9. The van der Waals surface area contributed by atoms with Gasteiger partial charge in [-0.25, -0.2) is 4.68 Å². The number of benzene rings is 1. The molecular formula is C17H25N3O. The van der Waals surface area contributed by atoms with Gasteiger partial charge in [-0.15, -0.1) is 0 Å². The quantitative estimate of drug-likeness (QED) is 0.721. The summed E-state index contributed by atoms with van der Waals surface area (Å²) in [6.45, 7) is 7.73. The molecule has 0 saturated heterocycles. The van der Waals surface area contributed by atoms with Crippen LogP contribution in [0.2, 0.25) is 0 Å². The van der Waals surface area contributed by atoms with Crippen LogP contribution in [0, 0.1) is 5.92 Å². The van der Waals surface area contributed by atoms with Crippen LogP contribution in [0.25, 0.3) is 5.69 Å².